The fourth-order valence-electron chi connectivity index (χ4n) is 2.14. The van der Waals surface area contributed by atoms with Crippen molar-refractivity contribution in [3.8, 4) is 0 Å². The maximum absolute atomic E-state index is 12.2. The molecule has 0 aliphatic carbocycles. The zero-order valence-corrected chi connectivity index (χ0v) is 16.1. The third-order valence-corrected chi connectivity index (χ3v) is 4.09. The van der Waals surface area contributed by atoms with Crippen molar-refractivity contribution in [3.05, 3.63) is 41.0 Å². The highest BCUT2D eigenvalue weighted by molar-refractivity contribution is 9.11. The Hall–Kier alpha value is -2.16. The second-order valence-corrected chi connectivity index (χ2v) is 6.46. The van der Waals surface area contributed by atoms with E-state index in [0.29, 0.717) is 24.8 Å². The number of hydrogen-bond acceptors (Lipinski definition) is 4. The molecule has 2 heterocycles. The molecule has 1 amide bonds. The van der Waals surface area contributed by atoms with Gasteiger partial charge in [-0.2, -0.15) is 0 Å². The molecule has 0 saturated heterocycles. The lowest BCUT2D eigenvalue weighted by molar-refractivity contribution is 0.0926. The first-order valence-corrected chi connectivity index (χ1v) is 8.76. The maximum Gasteiger partial charge on any atom is 0.415 e. The molecule has 0 N–H and O–H groups in total. The van der Waals surface area contributed by atoms with E-state index < -0.39 is 18.9 Å². The average molecular weight is 432 g/mol. The van der Waals surface area contributed by atoms with E-state index in [9.17, 15) is 13.6 Å². The summed E-state index contributed by atoms with van der Waals surface area (Å²) in [4.78, 5) is 17.7. The number of alkyl halides is 2. The average Bonchev–Trinajstić information content (AvgIpc) is 3.01. The summed E-state index contributed by atoms with van der Waals surface area (Å²) in [5.41, 5.74) is 0.892. The van der Waals surface area contributed by atoms with E-state index in [1.54, 1.807) is 18.5 Å². The number of amides is 1. The van der Waals surface area contributed by atoms with Crippen molar-refractivity contribution >= 4 is 33.4 Å². The van der Waals surface area contributed by atoms with Gasteiger partial charge in [0.25, 0.3) is 0 Å². The predicted octanol–water partition coefficient (Wildman–Crippen LogP) is 4.34. The van der Waals surface area contributed by atoms with Crippen LogP contribution >= 0.6 is 15.9 Å². The van der Waals surface area contributed by atoms with Gasteiger partial charge >= 0.3 is 6.09 Å². The van der Waals surface area contributed by atoms with Crippen molar-refractivity contribution in [3.63, 3.8) is 0 Å². The standard InChI is InChI=1S/C17H20BrF2N3O3/c1-12-3-4-13(18)5-8-25-10-7-23-11-15(21-16(12)23)22(2)17(24)26-9-6-14(19)20/h3-5,8,11,14H,6-7,9-10H2,1-2H3/b8-5+,12-3+,13-4+. The van der Waals surface area contributed by atoms with Crippen LogP contribution in [-0.4, -0.2) is 42.3 Å². The van der Waals surface area contributed by atoms with Crippen LogP contribution in [0.3, 0.4) is 0 Å². The number of fused-ring (bicyclic) bond motifs is 1. The van der Waals surface area contributed by atoms with Crippen LogP contribution in [0.15, 0.2) is 35.2 Å². The highest BCUT2D eigenvalue weighted by Gasteiger charge is 2.19. The van der Waals surface area contributed by atoms with Crippen LogP contribution in [0.25, 0.3) is 5.57 Å². The van der Waals surface area contributed by atoms with E-state index in [0.717, 1.165) is 10.1 Å². The molecule has 142 valence electrons. The minimum absolute atomic E-state index is 0.341. The molecule has 0 radical (unpaired) electrons. The minimum atomic E-state index is -2.51. The van der Waals surface area contributed by atoms with Crippen molar-refractivity contribution in [2.24, 2.45) is 0 Å². The van der Waals surface area contributed by atoms with Crippen molar-refractivity contribution in [1.82, 2.24) is 9.55 Å². The number of rotatable bonds is 4. The van der Waals surface area contributed by atoms with E-state index in [-0.39, 0.29) is 6.61 Å². The second-order valence-electron chi connectivity index (χ2n) is 5.54. The van der Waals surface area contributed by atoms with Gasteiger partial charge in [0.05, 0.1) is 19.4 Å². The quantitative estimate of drug-likeness (QED) is 0.711. The lowest BCUT2D eigenvalue weighted by Gasteiger charge is -2.14. The molecular weight excluding hydrogens is 412 g/mol. The molecule has 26 heavy (non-hydrogen) atoms. The summed E-state index contributed by atoms with van der Waals surface area (Å²) >= 11 is 3.41. The van der Waals surface area contributed by atoms with E-state index in [1.165, 1.54) is 11.9 Å². The first-order chi connectivity index (χ1) is 12.4. The van der Waals surface area contributed by atoms with E-state index >= 15 is 0 Å². The van der Waals surface area contributed by atoms with Crippen LogP contribution in [0.2, 0.25) is 0 Å². The fourth-order valence-corrected chi connectivity index (χ4v) is 2.38. The van der Waals surface area contributed by atoms with E-state index in [2.05, 4.69) is 20.9 Å². The van der Waals surface area contributed by atoms with Crippen molar-refractivity contribution < 1.29 is 23.0 Å². The molecule has 0 aromatic carbocycles. The van der Waals surface area contributed by atoms with Crippen LogP contribution < -0.4 is 4.90 Å². The van der Waals surface area contributed by atoms with Gasteiger partial charge in [0, 0.05) is 24.1 Å². The molecule has 0 bridgehead atoms. The summed E-state index contributed by atoms with van der Waals surface area (Å²) in [7, 11) is 1.49. The third-order valence-electron chi connectivity index (χ3n) is 3.56. The summed E-state index contributed by atoms with van der Waals surface area (Å²) in [6.07, 6.45) is 5.12. The molecule has 0 atom stereocenters. The number of hydrogen-bond donors (Lipinski definition) is 0. The van der Waals surface area contributed by atoms with Crippen LogP contribution in [0, 0.1) is 0 Å². The Morgan fingerprint density at radius 2 is 2.27 bits per heavy atom. The predicted molar refractivity (Wildman–Crippen MR) is 98.4 cm³/mol. The van der Waals surface area contributed by atoms with Crippen molar-refractivity contribution in [1.29, 1.82) is 0 Å². The van der Waals surface area contributed by atoms with Gasteiger partial charge in [-0.1, -0.05) is 22.0 Å². The zero-order valence-electron chi connectivity index (χ0n) is 14.5. The lowest BCUT2D eigenvalue weighted by atomic mass is 10.2. The molecule has 9 heteroatoms. The largest absolute Gasteiger partial charge is 0.499 e. The number of imidazole rings is 1. The Morgan fingerprint density at radius 1 is 1.50 bits per heavy atom. The first kappa shape index (κ1) is 20.2. The summed E-state index contributed by atoms with van der Waals surface area (Å²) < 4.78 is 37.3. The van der Waals surface area contributed by atoms with Crippen LogP contribution in [0.4, 0.5) is 19.4 Å². The van der Waals surface area contributed by atoms with Gasteiger partial charge in [-0.05, 0) is 24.6 Å². The molecule has 0 fully saturated rings. The third kappa shape index (κ3) is 5.69. The molecule has 0 unspecified atom stereocenters. The summed E-state index contributed by atoms with van der Waals surface area (Å²) in [6, 6.07) is 0. The SMILES string of the molecule is C\C1=C/C=C(Br)\C=C\OCCn2cc(N(C)C(=O)OCCC(F)F)nc21. The lowest BCUT2D eigenvalue weighted by Crippen LogP contribution is -2.28. The van der Waals surface area contributed by atoms with Gasteiger partial charge in [0.15, 0.2) is 5.82 Å². The molecule has 1 aromatic heterocycles. The molecule has 0 saturated carbocycles. The fraction of sp³-hybridized carbons (Fsp3) is 0.412. The number of carbonyl (C=O) groups is 1. The highest BCUT2D eigenvalue weighted by Crippen LogP contribution is 2.21. The van der Waals surface area contributed by atoms with Gasteiger partial charge in [-0.3, -0.25) is 4.90 Å². The van der Waals surface area contributed by atoms with Gasteiger partial charge in [-0.25, -0.2) is 18.6 Å². The minimum Gasteiger partial charge on any atom is -0.499 e. The maximum atomic E-state index is 12.2. The van der Waals surface area contributed by atoms with Crippen LogP contribution in [-0.2, 0) is 16.0 Å². The Kier molecular flexibility index (Phi) is 7.38. The Balaban J connectivity index is 2.19. The van der Waals surface area contributed by atoms with Crippen molar-refractivity contribution in [2.45, 2.75) is 26.3 Å². The summed E-state index contributed by atoms with van der Waals surface area (Å²) in [5, 5.41) is 0. The van der Waals surface area contributed by atoms with Gasteiger partial charge in [-0.15, -0.1) is 0 Å². The van der Waals surface area contributed by atoms with Crippen molar-refractivity contribution in [2.75, 3.05) is 25.2 Å². The van der Waals surface area contributed by atoms with E-state index in [1.807, 2.05) is 23.6 Å². The van der Waals surface area contributed by atoms with Crippen LogP contribution in [0.1, 0.15) is 19.2 Å². The van der Waals surface area contributed by atoms with Gasteiger partial charge < -0.3 is 14.0 Å². The molecular formula is C17H20BrF2N3O3. The highest BCUT2D eigenvalue weighted by atomic mass is 79.9. The normalized spacial score (nSPS) is 19.9. The van der Waals surface area contributed by atoms with E-state index in [4.69, 9.17) is 9.47 Å². The topological polar surface area (TPSA) is 56.6 Å². The number of allylic oxidation sites excluding steroid dienone is 5. The van der Waals surface area contributed by atoms with Gasteiger partial charge in [0.1, 0.15) is 12.4 Å². The molecule has 0 spiro atoms. The van der Waals surface area contributed by atoms with Crippen LogP contribution in [0.5, 0.6) is 0 Å². The first-order valence-electron chi connectivity index (χ1n) is 7.97. The number of anilines is 1. The zero-order chi connectivity index (χ0) is 19.1. The molecule has 1 aliphatic rings. The summed E-state index contributed by atoms with van der Waals surface area (Å²) in [5.74, 6) is 1.04. The number of ether oxygens (including phenoxy) is 2. The number of carbonyl (C=O) groups excluding carboxylic acids is 1. The number of aromatic nitrogens is 2. The monoisotopic (exact) mass is 431 g/mol. The van der Waals surface area contributed by atoms with Gasteiger partial charge in [0.2, 0.25) is 6.43 Å². The second kappa shape index (κ2) is 9.51. The smallest absolute Gasteiger partial charge is 0.415 e. The molecule has 1 aromatic rings. The Labute approximate surface area is 158 Å². The molecule has 2 rings (SSSR count). The molecule has 1 aliphatic heterocycles. The Morgan fingerprint density at radius 3 is 3.00 bits per heavy atom. The summed E-state index contributed by atoms with van der Waals surface area (Å²) in [6.45, 7) is 2.52. The number of halogens is 3. The number of nitrogens with zero attached hydrogens (tertiary/aromatic N) is 3. The molecule has 6 nitrogen and oxygen atoms in total. The Bertz CT molecular complexity index is 729.